The van der Waals surface area contributed by atoms with E-state index in [1.54, 1.807) is 11.3 Å². The first kappa shape index (κ1) is 11.4. The Hall–Kier alpha value is -0.720. The summed E-state index contributed by atoms with van der Waals surface area (Å²) in [6.07, 6.45) is 0. The Morgan fingerprint density at radius 3 is 3.06 bits per heavy atom. The molecular formula is C11H12BrN3OS. The fraction of sp³-hybridized carbons (Fsp3) is 0.455. The van der Waals surface area contributed by atoms with Gasteiger partial charge in [0.05, 0.1) is 10.8 Å². The lowest BCUT2D eigenvalue weighted by atomic mass is 9.98. The Morgan fingerprint density at radius 2 is 2.41 bits per heavy atom. The molecule has 2 aromatic rings. The van der Waals surface area contributed by atoms with Crippen molar-refractivity contribution < 1.29 is 4.52 Å². The standard InChI is InChI=1S/C11H12BrN3OS/c1-6-3-13-4-8(6)11-14-10(15-16-11)9-2-7(12)5-17-9/h2,5-6,8,13H,3-4H2,1H3/t6-,8-/m1/s1. The van der Waals surface area contributed by atoms with E-state index in [2.05, 4.69) is 38.3 Å². The van der Waals surface area contributed by atoms with Gasteiger partial charge in [0.1, 0.15) is 0 Å². The highest BCUT2D eigenvalue weighted by Gasteiger charge is 2.29. The second-order valence-electron chi connectivity index (χ2n) is 4.33. The summed E-state index contributed by atoms with van der Waals surface area (Å²) in [6, 6.07) is 2.01. The predicted octanol–water partition coefficient (Wildman–Crippen LogP) is 2.88. The van der Waals surface area contributed by atoms with Crippen LogP contribution in [0.4, 0.5) is 0 Å². The maximum absolute atomic E-state index is 5.37. The zero-order chi connectivity index (χ0) is 11.8. The van der Waals surface area contributed by atoms with E-state index in [-0.39, 0.29) is 0 Å². The zero-order valence-electron chi connectivity index (χ0n) is 9.31. The maximum Gasteiger partial charge on any atom is 0.231 e. The van der Waals surface area contributed by atoms with Gasteiger partial charge in [0.25, 0.3) is 0 Å². The van der Waals surface area contributed by atoms with E-state index in [1.807, 2.05) is 11.4 Å². The van der Waals surface area contributed by atoms with Gasteiger partial charge in [-0.1, -0.05) is 12.1 Å². The van der Waals surface area contributed by atoms with Gasteiger partial charge in [0.2, 0.25) is 11.7 Å². The quantitative estimate of drug-likeness (QED) is 0.926. The van der Waals surface area contributed by atoms with Crippen molar-refractivity contribution in [3.05, 3.63) is 21.8 Å². The Balaban J connectivity index is 1.87. The van der Waals surface area contributed by atoms with Crippen LogP contribution in [-0.2, 0) is 0 Å². The summed E-state index contributed by atoms with van der Waals surface area (Å²) in [4.78, 5) is 5.53. The van der Waals surface area contributed by atoms with Crippen molar-refractivity contribution >= 4 is 27.3 Å². The van der Waals surface area contributed by atoms with E-state index in [0.29, 0.717) is 17.7 Å². The molecule has 1 fully saturated rings. The number of halogens is 1. The molecule has 4 nitrogen and oxygen atoms in total. The molecule has 0 unspecified atom stereocenters. The molecule has 90 valence electrons. The number of nitrogens with zero attached hydrogens (tertiary/aromatic N) is 2. The Kier molecular flexibility index (Phi) is 3.02. The smallest absolute Gasteiger partial charge is 0.231 e. The van der Waals surface area contributed by atoms with Crippen LogP contribution in [0.5, 0.6) is 0 Å². The van der Waals surface area contributed by atoms with Crippen LogP contribution in [0.25, 0.3) is 10.7 Å². The highest BCUT2D eigenvalue weighted by atomic mass is 79.9. The molecule has 1 aliphatic rings. The van der Waals surface area contributed by atoms with Gasteiger partial charge in [0.15, 0.2) is 0 Å². The molecule has 6 heteroatoms. The fourth-order valence-electron chi connectivity index (χ4n) is 2.06. The van der Waals surface area contributed by atoms with Gasteiger partial charge in [0, 0.05) is 16.4 Å². The lowest BCUT2D eigenvalue weighted by Gasteiger charge is -2.07. The van der Waals surface area contributed by atoms with E-state index in [0.717, 1.165) is 28.3 Å². The van der Waals surface area contributed by atoms with Crippen LogP contribution >= 0.6 is 27.3 Å². The zero-order valence-corrected chi connectivity index (χ0v) is 11.7. The van der Waals surface area contributed by atoms with Crippen molar-refractivity contribution in [3.8, 4) is 10.7 Å². The van der Waals surface area contributed by atoms with Gasteiger partial charge < -0.3 is 9.84 Å². The number of nitrogens with one attached hydrogen (secondary N) is 1. The SMILES string of the molecule is C[C@@H]1CNC[C@H]1c1nc(-c2cc(Br)cs2)no1. The first-order valence-electron chi connectivity index (χ1n) is 5.53. The summed E-state index contributed by atoms with van der Waals surface area (Å²) < 4.78 is 6.43. The minimum absolute atomic E-state index is 0.347. The van der Waals surface area contributed by atoms with Crippen LogP contribution in [0.1, 0.15) is 18.7 Å². The molecule has 3 rings (SSSR count). The molecule has 0 aliphatic carbocycles. The third kappa shape index (κ3) is 2.17. The molecule has 1 saturated heterocycles. The van der Waals surface area contributed by atoms with Gasteiger partial charge in [-0.05, 0) is 34.5 Å². The molecule has 3 heterocycles. The Bertz CT molecular complexity index is 524. The van der Waals surface area contributed by atoms with E-state index >= 15 is 0 Å². The van der Waals surface area contributed by atoms with Gasteiger partial charge in [-0.2, -0.15) is 4.98 Å². The molecule has 2 atom stereocenters. The monoisotopic (exact) mass is 313 g/mol. The van der Waals surface area contributed by atoms with Crippen molar-refractivity contribution in [2.75, 3.05) is 13.1 Å². The molecule has 0 aromatic carbocycles. The Labute approximate surface area is 112 Å². The van der Waals surface area contributed by atoms with Gasteiger partial charge in [-0.25, -0.2) is 0 Å². The van der Waals surface area contributed by atoms with Crippen LogP contribution in [-0.4, -0.2) is 23.2 Å². The minimum atomic E-state index is 0.347. The largest absolute Gasteiger partial charge is 0.339 e. The summed E-state index contributed by atoms with van der Waals surface area (Å²) >= 11 is 5.04. The fourth-order valence-corrected chi connectivity index (χ4v) is 3.41. The van der Waals surface area contributed by atoms with Crippen LogP contribution in [0.3, 0.4) is 0 Å². The first-order chi connectivity index (χ1) is 8.24. The third-order valence-corrected chi connectivity index (χ3v) is 4.75. The molecule has 0 spiro atoms. The van der Waals surface area contributed by atoms with Crippen molar-refractivity contribution in [1.29, 1.82) is 0 Å². The second kappa shape index (κ2) is 4.51. The first-order valence-corrected chi connectivity index (χ1v) is 7.20. The molecule has 0 saturated carbocycles. The summed E-state index contributed by atoms with van der Waals surface area (Å²) in [7, 11) is 0. The Morgan fingerprint density at radius 1 is 1.53 bits per heavy atom. The predicted molar refractivity (Wildman–Crippen MR) is 70.1 cm³/mol. The van der Waals surface area contributed by atoms with Gasteiger partial charge in [-0.3, -0.25) is 0 Å². The van der Waals surface area contributed by atoms with E-state index < -0.39 is 0 Å². The van der Waals surface area contributed by atoms with E-state index in [4.69, 9.17) is 4.52 Å². The van der Waals surface area contributed by atoms with Gasteiger partial charge >= 0.3 is 0 Å². The summed E-state index contributed by atoms with van der Waals surface area (Å²) in [6.45, 7) is 4.15. The molecule has 17 heavy (non-hydrogen) atoms. The third-order valence-electron chi connectivity index (χ3n) is 3.06. The average molecular weight is 314 g/mol. The van der Waals surface area contributed by atoms with Crippen molar-refractivity contribution in [2.24, 2.45) is 5.92 Å². The highest BCUT2D eigenvalue weighted by molar-refractivity contribution is 9.10. The summed E-state index contributed by atoms with van der Waals surface area (Å²) in [5.41, 5.74) is 0. The molecule has 1 N–H and O–H groups in total. The number of hydrogen-bond donors (Lipinski definition) is 1. The molecule has 1 aliphatic heterocycles. The molecule has 0 amide bonds. The van der Waals surface area contributed by atoms with Crippen LogP contribution in [0, 0.1) is 5.92 Å². The number of aromatic nitrogens is 2. The topological polar surface area (TPSA) is 51.0 Å². The van der Waals surface area contributed by atoms with Crippen LogP contribution < -0.4 is 5.32 Å². The number of thiophene rings is 1. The molecule has 0 bridgehead atoms. The average Bonchev–Trinajstić information content (AvgIpc) is 2.97. The minimum Gasteiger partial charge on any atom is -0.339 e. The summed E-state index contributed by atoms with van der Waals surface area (Å²) in [5.74, 6) is 2.34. The molecular weight excluding hydrogens is 302 g/mol. The molecule has 2 aromatic heterocycles. The van der Waals surface area contributed by atoms with Crippen molar-refractivity contribution in [3.63, 3.8) is 0 Å². The second-order valence-corrected chi connectivity index (χ2v) is 6.15. The van der Waals surface area contributed by atoms with Crippen LogP contribution in [0.2, 0.25) is 0 Å². The number of hydrogen-bond acceptors (Lipinski definition) is 5. The summed E-state index contributed by atoms with van der Waals surface area (Å²) in [5, 5.41) is 9.41. The molecule has 0 radical (unpaired) electrons. The van der Waals surface area contributed by atoms with E-state index in [1.165, 1.54) is 0 Å². The van der Waals surface area contributed by atoms with E-state index in [9.17, 15) is 0 Å². The highest BCUT2D eigenvalue weighted by Crippen LogP contribution is 2.31. The van der Waals surface area contributed by atoms with Crippen molar-refractivity contribution in [2.45, 2.75) is 12.8 Å². The lowest BCUT2D eigenvalue weighted by molar-refractivity contribution is 0.340. The number of rotatable bonds is 2. The maximum atomic E-state index is 5.37. The normalized spacial score (nSPS) is 24.4. The van der Waals surface area contributed by atoms with Crippen molar-refractivity contribution in [1.82, 2.24) is 15.5 Å². The van der Waals surface area contributed by atoms with Crippen LogP contribution in [0.15, 0.2) is 20.4 Å². The lowest BCUT2D eigenvalue weighted by Crippen LogP contribution is -2.08. The van der Waals surface area contributed by atoms with Gasteiger partial charge in [-0.15, -0.1) is 11.3 Å².